The predicted octanol–water partition coefficient (Wildman–Crippen LogP) is 7.49. The molecule has 0 N–H and O–H groups in total. The lowest BCUT2D eigenvalue weighted by molar-refractivity contribution is -0.153. The molecule has 0 radical (unpaired) electrons. The second kappa shape index (κ2) is 13.4. The fraction of sp³-hybridized carbons (Fsp3) is 0.867. The van der Waals surface area contributed by atoms with Gasteiger partial charge in [-0.05, 0) is 76.2 Å². The Morgan fingerprint density at radius 1 is 0.850 bits per heavy atom. The summed E-state index contributed by atoms with van der Waals surface area (Å²) in [5, 5.41) is -0.126. The third-order valence-corrected chi connectivity index (χ3v) is 18.5. The number of hydrogen-bond acceptors (Lipinski definition) is 7. The minimum Gasteiger partial charge on any atom is -0.413 e. The Labute approximate surface area is 248 Å². The molecule has 234 valence electrons. The number of ether oxygens (including phenoxy) is 2. The van der Waals surface area contributed by atoms with Gasteiger partial charge in [-0.15, -0.1) is 0 Å². The van der Waals surface area contributed by atoms with Crippen molar-refractivity contribution in [2.75, 3.05) is 13.2 Å². The van der Waals surface area contributed by atoms with Crippen LogP contribution in [0, 0.1) is 5.92 Å². The zero-order valence-corrected chi connectivity index (χ0v) is 31.4. The van der Waals surface area contributed by atoms with E-state index in [4.69, 9.17) is 22.8 Å². The highest BCUT2D eigenvalue weighted by Crippen LogP contribution is 2.40. The number of allylic oxidation sites excluding steroid dienone is 1. The molecule has 0 amide bonds. The van der Waals surface area contributed by atoms with Gasteiger partial charge in [-0.25, -0.2) is 0 Å². The Morgan fingerprint density at radius 2 is 1.30 bits per heavy atom. The van der Waals surface area contributed by atoms with Crippen LogP contribution in [-0.2, 0) is 32.3 Å². The fourth-order valence-electron chi connectivity index (χ4n) is 3.93. The molecule has 1 aliphatic heterocycles. The van der Waals surface area contributed by atoms with Crippen LogP contribution in [0.2, 0.25) is 55.9 Å². The first-order chi connectivity index (χ1) is 17.8. The van der Waals surface area contributed by atoms with E-state index in [1.807, 2.05) is 19.1 Å². The molecule has 7 nitrogen and oxygen atoms in total. The van der Waals surface area contributed by atoms with Crippen LogP contribution in [-0.4, -0.2) is 73.8 Å². The SMILES string of the molecule is CC/C=C\[C@@H]1OC(C)O[C@@H]1C(=O)C(C)C(=O)C(CO[Si](C)(C)C(C)(C)C)(CO[Si](C)(C)C(C)(C)C)O[Si](C)(C)C. The Morgan fingerprint density at radius 3 is 1.68 bits per heavy atom. The number of carbonyl (C=O) groups is 2. The Bertz CT molecular complexity index is 864. The average Bonchev–Trinajstić information content (AvgIpc) is 3.16. The molecule has 1 heterocycles. The third-order valence-electron chi connectivity index (χ3n) is 8.54. The average molecular weight is 617 g/mol. The summed E-state index contributed by atoms with van der Waals surface area (Å²) in [4.78, 5) is 28.5. The van der Waals surface area contributed by atoms with Crippen molar-refractivity contribution in [3.05, 3.63) is 12.2 Å². The van der Waals surface area contributed by atoms with E-state index in [-0.39, 0.29) is 34.9 Å². The molecule has 0 aromatic rings. The minimum atomic E-state index is -2.32. The van der Waals surface area contributed by atoms with Gasteiger partial charge >= 0.3 is 0 Å². The summed E-state index contributed by atoms with van der Waals surface area (Å²) in [7, 11) is -6.86. The van der Waals surface area contributed by atoms with Crippen LogP contribution in [0.3, 0.4) is 0 Å². The van der Waals surface area contributed by atoms with Gasteiger partial charge in [0.05, 0.1) is 19.1 Å². The summed E-state index contributed by atoms with van der Waals surface area (Å²) < 4.78 is 31.9. The van der Waals surface area contributed by atoms with E-state index in [2.05, 4.69) is 87.4 Å². The first-order valence-electron chi connectivity index (χ1n) is 14.8. The highest BCUT2D eigenvalue weighted by Gasteiger charge is 2.53. The predicted molar refractivity (Wildman–Crippen MR) is 171 cm³/mol. The second-order valence-electron chi connectivity index (χ2n) is 15.4. The molecular weight excluding hydrogens is 557 g/mol. The van der Waals surface area contributed by atoms with Crippen LogP contribution < -0.4 is 0 Å². The first-order valence-corrected chi connectivity index (χ1v) is 24.1. The van der Waals surface area contributed by atoms with Crippen molar-refractivity contribution in [1.82, 2.24) is 0 Å². The van der Waals surface area contributed by atoms with E-state index in [1.54, 1.807) is 13.8 Å². The first kappa shape index (κ1) is 37.6. The highest BCUT2D eigenvalue weighted by molar-refractivity contribution is 6.74. The molecule has 4 atom stereocenters. The molecule has 0 saturated carbocycles. The van der Waals surface area contributed by atoms with Gasteiger partial charge in [-0.2, -0.15) is 0 Å². The number of hydrogen-bond donors (Lipinski definition) is 0. The van der Waals surface area contributed by atoms with E-state index >= 15 is 0 Å². The van der Waals surface area contributed by atoms with Crippen molar-refractivity contribution in [1.29, 1.82) is 0 Å². The minimum absolute atomic E-state index is 0.0520. The quantitative estimate of drug-likeness (QED) is 0.114. The lowest BCUT2D eigenvalue weighted by atomic mass is 9.85. The summed E-state index contributed by atoms with van der Waals surface area (Å²) in [6.45, 7) is 33.4. The molecule has 1 aliphatic rings. The molecule has 0 aliphatic carbocycles. The maximum absolute atomic E-state index is 14.6. The van der Waals surface area contributed by atoms with Crippen molar-refractivity contribution in [2.45, 2.75) is 149 Å². The Kier molecular flexibility index (Phi) is 12.6. The second-order valence-corrected chi connectivity index (χ2v) is 29.4. The summed E-state index contributed by atoms with van der Waals surface area (Å²) in [6.07, 6.45) is 2.70. The topological polar surface area (TPSA) is 80.3 Å². The highest BCUT2D eigenvalue weighted by atomic mass is 28.4. The Balaban J connectivity index is 3.59. The zero-order valence-electron chi connectivity index (χ0n) is 28.4. The standard InChI is InChI=1S/C30H60O7Si3/c1-17-18-19-24-26(36-23(3)35-24)25(31)22(2)27(32)30(37-38(10,11)12,20-33-39(13,14)28(4,5)6)21-34-40(15,16)29(7,8)9/h18-19,22-24,26H,17,20-21H2,1-16H3/b19-18-/t22?,23?,24-,26-/m0/s1. The van der Waals surface area contributed by atoms with Crippen molar-refractivity contribution in [3.8, 4) is 0 Å². The molecule has 0 bridgehead atoms. The molecule has 1 fully saturated rings. The van der Waals surface area contributed by atoms with Gasteiger partial charge < -0.3 is 22.8 Å². The van der Waals surface area contributed by atoms with Crippen molar-refractivity contribution < 1.29 is 32.3 Å². The largest absolute Gasteiger partial charge is 0.413 e. The van der Waals surface area contributed by atoms with Gasteiger partial charge in [-0.3, -0.25) is 9.59 Å². The van der Waals surface area contributed by atoms with Gasteiger partial charge in [0.15, 0.2) is 48.4 Å². The van der Waals surface area contributed by atoms with Crippen molar-refractivity contribution >= 4 is 36.5 Å². The molecule has 40 heavy (non-hydrogen) atoms. The fourth-order valence-corrected chi connectivity index (χ4v) is 7.38. The lowest BCUT2D eigenvalue weighted by Crippen LogP contribution is -2.61. The number of Topliss-reactive ketones (excluding diaryl/α,β-unsaturated/α-hetero) is 2. The van der Waals surface area contributed by atoms with Crippen LogP contribution in [0.1, 0.15) is 68.7 Å². The number of rotatable bonds is 14. The number of carbonyl (C=O) groups excluding carboxylic acids is 2. The molecule has 1 rings (SSSR count). The summed E-state index contributed by atoms with van der Waals surface area (Å²) >= 11 is 0. The van der Waals surface area contributed by atoms with Crippen LogP contribution in [0.25, 0.3) is 0 Å². The molecule has 2 unspecified atom stereocenters. The molecule has 0 aromatic heterocycles. The zero-order chi connectivity index (χ0) is 31.5. The molecule has 0 spiro atoms. The third kappa shape index (κ3) is 9.79. The molecule has 1 saturated heterocycles. The summed E-state index contributed by atoms with van der Waals surface area (Å²) in [6, 6.07) is 0. The normalized spacial score (nSPS) is 22.6. The maximum Gasteiger partial charge on any atom is 0.192 e. The van der Waals surface area contributed by atoms with Gasteiger partial charge in [-0.1, -0.05) is 60.6 Å². The molecule has 0 aromatic carbocycles. The van der Waals surface area contributed by atoms with Crippen LogP contribution >= 0.6 is 0 Å². The summed E-state index contributed by atoms with van der Waals surface area (Å²) in [5.41, 5.74) is -1.41. The van der Waals surface area contributed by atoms with E-state index < -0.39 is 55.0 Å². The van der Waals surface area contributed by atoms with E-state index in [1.165, 1.54) is 0 Å². The van der Waals surface area contributed by atoms with Crippen LogP contribution in [0.5, 0.6) is 0 Å². The van der Waals surface area contributed by atoms with E-state index in [0.29, 0.717) is 0 Å². The maximum atomic E-state index is 14.6. The van der Waals surface area contributed by atoms with Crippen molar-refractivity contribution in [2.24, 2.45) is 5.92 Å². The van der Waals surface area contributed by atoms with E-state index in [0.717, 1.165) is 6.42 Å². The van der Waals surface area contributed by atoms with Gasteiger partial charge in [0.2, 0.25) is 0 Å². The van der Waals surface area contributed by atoms with Crippen molar-refractivity contribution in [3.63, 3.8) is 0 Å². The van der Waals surface area contributed by atoms with Crippen LogP contribution in [0.15, 0.2) is 12.2 Å². The van der Waals surface area contributed by atoms with Gasteiger partial charge in [0.25, 0.3) is 0 Å². The lowest BCUT2D eigenvalue weighted by Gasteiger charge is -2.45. The monoisotopic (exact) mass is 616 g/mol. The smallest absolute Gasteiger partial charge is 0.192 e. The summed E-state index contributed by atoms with van der Waals surface area (Å²) in [5.74, 6) is -1.60. The molecule has 10 heteroatoms. The van der Waals surface area contributed by atoms with Gasteiger partial charge in [0, 0.05) is 0 Å². The Hall–Kier alpha value is -0.469. The molecular formula is C30H60O7Si3. The van der Waals surface area contributed by atoms with E-state index in [9.17, 15) is 9.59 Å². The van der Waals surface area contributed by atoms with Gasteiger partial charge in [0.1, 0.15) is 12.2 Å². The van der Waals surface area contributed by atoms with Crippen LogP contribution in [0.4, 0.5) is 0 Å². The number of ketones is 2.